The van der Waals surface area contributed by atoms with Gasteiger partial charge in [0.05, 0.1) is 0 Å². The summed E-state index contributed by atoms with van der Waals surface area (Å²) in [7, 11) is 0. The summed E-state index contributed by atoms with van der Waals surface area (Å²) >= 11 is 0. The van der Waals surface area contributed by atoms with Crippen molar-refractivity contribution in [3.8, 4) is 0 Å². The van der Waals surface area contributed by atoms with Crippen molar-refractivity contribution in [2.24, 2.45) is 11.8 Å². The second-order valence-corrected chi connectivity index (χ2v) is 5.79. The highest BCUT2D eigenvalue weighted by Crippen LogP contribution is 2.52. The van der Waals surface area contributed by atoms with Gasteiger partial charge in [0, 0.05) is 11.7 Å². The number of benzene rings is 1. The summed E-state index contributed by atoms with van der Waals surface area (Å²) in [6.45, 7) is 2.25. The summed E-state index contributed by atoms with van der Waals surface area (Å²) in [4.78, 5) is 0. The molecule has 1 N–H and O–H groups in total. The molecule has 0 spiro atoms. The molecule has 2 aliphatic carbocycles. The summed E-state index contributed by atoms with van der Waals surface area (Å²) in [5.41, 5.74) is 2.80. The lowest BCUT2D eigenvalue weighted by Crippen LogP contribution is -2.18. The van der Waals surface area contributed by atoms with Crippen LogP contribution in [0.4, 0.5) is 5.69 Å². The molecule has 3 atom stereocenters. The van der Waals surface area contributed by atoms with Crippen LogP contribution in [0.15, 0.2) is 24.3 Å². The van der Waals surface area contributed by atoms with E-state index in [-0.39, 0.29) is 0 Å². The molecule has 92 valence electrons. The molecule has 1 unspecified atom stereocenters. The highest BCUT2D eigenvalue weighted by atomic mass is 15.0. The van der Waals surface area contributed by atoms with Crippen molar-refractivity contribution in [3.05, 3.63) is 29.8 Å². The average molecular weight is 229 g/mol. The second kappa shape index (κ2) is 4.72. The Morgan fingerprint density at radius 3 is 2.59 bits per heavy atom. The van der Waals surface area contributed by atoms with Crippen molar-refractivity contribution in [2.45, 2.75) is 51.5 Å². The molecule has 2 fully saturated rings. The predicted octanol–water partition coefficient (Wildman–Crippen LogP) is 4.24. The molecule has 1 heteroatoms. The van der Waals surface area contributed by atoms with E-state index in [0.717, 1.165) is 17.9 Å². The summed E-state index contributed by atoms with van der Waals surface area (Å²) in [6, 6.07) is 9.87. The predicted molar refractivity (Wildman–Crippen MR) is 73.3 cm³/mol. The van der Waals surface area contributed by atoms with Crippen LogP contribution in [0.3, 0.4) is 0 Å². The molecule has 3 rings (SSSR count). The van der Waals surface area contributed by atoms with Gasteiger partial charge in [-0.15, -0.1) is 0 Å². The van der Waals surface area contributed by atoms with Crippen LogP contribution in [-0.4, -0.2) is 6.04 Å². The standard InChI is InChI=1S/C16H23N/c1-2-3-4-12-5-8-14(9-6-12)17-16-10-7-13-11-15(13)16/h5-6,8-9,13,15-17H,2-4,7,10-11H2,1H3/t13-,15+,16?/m0/s1. The van der Waals surface area contributed by atoms with E-state index in [2.05, 4.69) is 36.5 Å². The molecule has 0 aromatic heterocycles. The Bertz CT molecular complexity index is 368. The first-order chi connectivity index (χ1) is 8.36. The van der Waals surface area contributed by atoms with E-state index in [1.54, 1.807) is 0 Å². The van der Waals surface area contributed by atoms with Gasteiger partial charge < -0.3 is 5.32 Å². The van der Waals surface area contributed by atoms with Crippen LogP contribution in [0, 0.1) is 11.8 Å². The molecule has 17 heavy (non-hydrogen) atoms. The molecule has 0 bridgehead atoms. The number of fused-ring (bicyclic) bond motifs is 1. The number of aryl methyl sites for hydroxylation is 1. The van der Waals surface area contributed by atoms with Crippen molar-refractivity contribution in [1.82, 2.24) is 0 Å². The molecule has 1 nitrogen and oxygen atoms in total. The number of anilines is 1. The van der Waals surface area contributed by atoms with Crippen molar-refractivity contribution in [1.29, 1.82) is 0 Å². The quantitative estimate of drug-likeness (QED) is 0.796. The van der Waals surface area contributed by atoms with Gasteiger partial charge in [-0.05, 0) is 61.6 Å². The van der Waals surface area contributed by atoms with Crippen molar-refractivity contribution in [3.63, 3.8) is 0 Å². The fraction of sp³-hybridized carbons (Fsp3) is 0.625. The third-order valence-corrected chi connectivity index (χ3v) is 4.47. The molecule has 0 amide bonds. The minimum absolute atomic E-state index is 0.765. The van der Waals surface area contributed by atoms with Crippen LogP contribution in [0.2, 0.25) is 0 Å². The Balaban J connectivity index is 1.56. The van der Waals surface area contributed by atoms with Gasteiger partial charge in [0.1, 0.15) is 0 Å². The van der Waals surface area contributed by atoms with Crippen LogP contribution in [0.25, 0.3) is 0 Å². The van der Waals surface area contributed by atoms with E-state index in [0.29, 0.717) is 0 Å². The molecule has 1 aromatic rings. The normalized spacial score (nSPS) is 30.1. The summed E-state index contributed by atoms with van der Waals surface area (Å²) in [5.74, 6) is 2.06. The van der Waals surface area contributed by atoms with E-state index >= 15 is 0 Å². The number of rotatable bonds is 5. The average Bonchev–Trinajstić information content (AvgIpc) is 3.05. The van der Waals surface area contributed by atoms with Crippen LogP contribution >= 0.6 is 0 Å². The topological polar surface area (TPSA) is 12.0 Å². The van der Waals surface area contributed by atoms with E-state index in [4.69, 9.17) is 0 Å². The zero-order valence-electron chi connectivity index (χ0n) is 10.8. The van der Waals surface area contributed by atoms with Gasteiger partial charge in [0.2, 0.25) is 0 Å². The van der Waals surface area contributed by atoms with Gasteiger partial charge in [0.15, 0.2) is 0 Å². The minimum atomic E-state index is 0.765. The lowest BCUT2D eigenvalue weighted by molar-refractivity contribution is 0.654. The number of hydrogen-bond acceptors (Lipinski definition) is 1. The maximum absolute atomic E-state index is 3.72. The SMILES string of the molecule is CCCCc1ccc(NC2CC[C@H]3C[C@@H]23)cc1. The Morgan fingerprint density at radius 2 is 2.00 bits per heavy atom. The fourth-order valence-electron chi connectivity index (χ4n) is 3.25. The second-order valence-electron chi connectivity index (χ2n) is 5.79. The van der Waals surface area contributed by atoms with E-state index in [9.17, 15) is 0 Å². The molecular formula is C16H23N. The maximum atomic E-state index is 3.72. The van der Waals surface area contributed by atoms with Gasteiger partial charge in [-0.2, -0.15) is 0 Å². The smallest absolute Gasteiger partial charge is 0.0342 e. The van der Waals surface area contributed by atoms with Crippen molar-refractivity contribution >= 4 is 5.69 Å². The van der Waals surface area contributed by atoms with Crippen molar-refractivity contribution < 1.29 is 0 Å². The Labute approximate surface area is 105 Å². The lowest BCUT2D eigenvalue weighted by atomic mass is 10.1. The van der Waals surface area contributed by atoms with E-state index < -0.39 is 0 Å². The van der Waals surface area contributed by atoms with Crippen LogP contribution in [0.1, 0.15) is 44.6 Å². The molecule has 0 radical (unpaired) electrons. The lowest BCUT2D eigenvalue weighted by Gasteiger charge is -2.16. The number of unbranched alkanes of at least 4 members (excludes halogenated alkanes) is 1. The summed E-state index contributed by atoms with van der Waals surface area (Å²) < 4.78 is 0. The van der Waals surface area contributed by atoms with E-state index in [1.807, 2.05) is 0 Å². The van der Waals surface area contributed by atoms with Gasteiger partial charge in [-0.25, -0.2) is 0 Å². The summed E-state index contributed by atoms with van der Waals surface area (Å²) in [5, 5.41) is 3.72. The molecule has 0 heterocycles. The van der Waals surface area contributed by atoms with Crippen LogP contribution in [0.5, 0.6) is 0 Å². The van der Waals surface area contributed by atoms with Crippen LogP contribution < -0.4 is 5.32 Å². The van der Waals surface area contributed by atoms with Crippen molar-refractivity contribution in [2.75, 3.05) is 5.32 Å². The first-order valence-corrected chi connectivity index (χ1v) is 7.22. The molecule has 0 saturated heterocycles. The number of hydrogen-bond donors (Lipinski definition) is 1. The highest BCUT2D eigenvalue weighted by molar-refractivity contribution is 5.46. The monoisotopic (exact) mass is 229 g/mol. The zero-order chi connectivity index (χ0) is 11.7. The Morgan fingerprint density at radius 1 is 1.18 bits per heavy atom. The molecule has 2 aliphatic rings. The van der Waals surface area contributed by atoms with E-state index in [1.165, 1.54) is 49.8 Å². The number of nitrogens with one attached hydrogen (secondary N) is 1. The third-order valence-electron chi connectivity index (χ3n) is 4.47. The maximum Gasteiger partial charge on any atom is 0.0342 e. The zero-order valence-corrected chi connectivity index (χ0v) is 10.8. The molecule has 1 aromatic carbocycles. The summed E-state index contributed by atoms with van der Waals surface area (Å²) in [6.07, 6.45) is 8.13. The minimum Gasteiger partial charge on any atom is -0.382 e. The van der Waals surface area contributed by atoms with Crippen LogP contribution in [-0.2, 0) is 6.42 Å². The first kappa shape index (κ1) is 11.1. The molecule has 0 aliphatic heterocycles. The molecular weight excluding hydrogens is 206 g/mol. The van der Waals surface area contributed by atoms with Gasteiger partial charge in [-0.1, -0.05) is 25.5 Å². The Hall–Kier alpha value is -0.980. The molecule has 2 saturated carbocycles. The van der Waals surface area contributed by atoms with Gasteiger partial charge in [-0.3, -0.25) is 0 Å². The fourth-order valence-corrected chi connectivity index (χ4v) is 3.25. The van der Waals surface area contributed by atoms with Gasteiger partial charge in [0.25, 0.3) is 0 Å². The van der Waals surface area contributed by atoms with Gasteiger partial charge >= 0.3 is 0 Å². The third kappa shape index (κ3) is 2.48. The highest BCUT2D eigenvalue weighted by Gasteiger charge is 2.47. The Kier molecular flexibility index (Phi) is 3.09. The first-order valence-electron chi connectivity index (χ1n) is 7.22. The largest absolute Gasteiger partial charge is 0.382 e.